The number of aromatic nitrogens is 2. The second kappa shape index (κ2) is 9.21. The third-order valence-electron chi connectivity index (χ3n) is 4.62. The number of fused-ring (bicyclic) bond motifs is 1. The zero-order valence-electron chi connectivity index (χ0n) is 17.4. The molecule has 9 nitrogen and oxygen atoms in total. The van der Waals surface area contributed by atoms with E-state index >= 15 is 0 Å². The van der Waals surface area contributed by atoms with Crippen LogP contribution in [0.2, 0.25) is 0 Å². The summed E-state index contributed by atoms with van der Waals surface area (Å²) >= 11 is 0. The molecule has 0 saturated heterocycles. The van der Waals surface area contributed by atoms with Crippen molar-refractivity contribution in [3.05, 3.63) is 70.1 Å². The van der Waals surface area contributed by atoms with Gasteiger partial charge in [-0.3, -0.25) is 14.4 Å². The summed E-state index contributed by atoms with van der Waals surface area (Å²) in [5.74, 6) is -1.77. The first-order chi connectivity index (χ1) is 14.8. The molecule has 1 N–H and O–H groups in total. The van der Waals surface area contributed by atoms with Crippen LogP contribution < -0.4 is 10.9 Å². The minimum absolute atomic E-state index is 0.0646. The highest BCUT2D eigenvalue weighted by molar-refractivity contribution is 6.02. The number of hydrogen-bond acceptors (Lipinski definition) is 6. The number of hydrogen-bond donors (Lipinski definition) is 1. The van der Waals surface area contributed by atoms with Crippen molar-refractivity contribution >= 4 is 34.2 Å². The van der Waals surface area contributed by atoms with E-state index in [9.17, 15) is 19.2 Å². The number of nitrogens with zero attached hydrogens (tertiary/aromatic N) is 3. The van der Waals surface area contributed by atoms with Crippen molar-refractivity contribution in [2.75, 3.05) is 25.5 Å². The molecule has 0 aliphatic carbocycles. The Morgan fingerprint density at radius 2 is 1.71 bits per heavy atom. The molecule has 0 saturated carbocycles. The predicted molar refractivity (Wildman–Crippen MR) is 115 cm³/mol. The lowest BCUT2D eigenvalue weighted by molar-refractivity contribution is -0.136. The van der Waals surface area contributed by atoms with E-state index in [4.69, 9.17) is 4.74 Å². The van der Waals surface area contributed by atoms with E-state index in [0.29, 0.717) is 16.5 Å². The van der Waals surface area contributed by atoms with Gasteiger partial charge in [0.2, 0.25) is 5.91 Å². The van der Waals surface area contributed by atoms with E-state index in [1.54, 1.807) is 36.4 Å². The summed E-state index contributed by atoms with van der Waals surface area (Å²) < 4.78 is 6.13. The molecule has 0 fully saturated rings. The van der Waals surface area contributed by atoms with Gasteiger partial charge < -0.3 is 15.0 Å². The van der Waals surface area contributed by atoms with E-state index in [1.165, 1.54) is 14.1 Å². The fraction of sp³-hybridized carbons (Fsp3) is 0.227. The smallest absolute Gasteiger partial charge is 0.359 e. The summed E-state index contributed by atoms with van der Waals surface area (Å²) in [5.41, 5.74) is 1.27. The molecule has 160 valence electrons. The topological polar surface area (TPSA) is 111 Å². The number of ether oxygens (including phenoxy) is 1. The molecule has 3 rings (SSSR count). The van der Waals surface area contributed by atoms with Crippen molar-refractivity contribution in [2.24, 2.45) is 7.05 Å². The van der Waals surface area contributed by atoms with Gasteiger partial charge in [-0.15, -0.1) is 0 Å². The number of rotatable bonds is 6. The van der Waals surface area contributed by atoms with Crippen LogP contribution in [-0.4, -0.2) is 52.7 Å². The van der Waals surface area contributed by atoms with Crippen molar-refractivity contribution in [3.63, 3.8) is 0 Å². The molecule has 3 aromatic rings. The molecule has 2 aromatic carbocycles. The lowest BCUT2D eigenvalue weighted by atomic mass is 10.1. The second-order valence-electron chi connectivity index (χ2n) is 7.06. The fourth-order valence-electron chi connectivity index (χ4n) is 2.90. The first-order valence-corrected chi connectivity index (χ1v) is 9.50. The Balaban J connectivity index is 1.60. The number of amides is 2. The molecular weight excluding hydrogens is 400 g/mol. The number of nitrogens with one attached hydrogen (secondary N) is 1. The zero-order chi connectivity index (χ0) is 22.5. The molecule has 2 amide bonds. The summed E-state index contributed by atoms with van der Waals surface area (Å²) in [4.78, 5) is 50.2. The van der Waals surface area contributed by atoms with Gasteiger partial charge in [0.05, 0.1) is 11.9 Å². The second-order valence-corrected chi connectivity index (χ2v) is 7.06. The maximum absolute atomic E-state index is 12.5. The summed E-state index contributed by atoms with van der Waals surface area (Å²) in [6.07, 6.45) is 0. The molecule has 0 spiro atoms. The Hall–Kier alpha value is -4.01. The number of anilines is 1. The lowest BCUT2D eigenvalue weighted by Crippen LogP contribution is -2.37. The average molecular weight is 422 g/mol. The number of likely N-dealkylation sites (N-methyl/N-ethyl adjacent to an activating group) is 1. The van der Waals surface area contributed by atoms with E-state index in [1.807, 2.05) is 19.1 Å². The zero-order valence-corrected chi connectivity index (χ0v) is 17.4. The maximum atomic E-state index is 12.5. The Kier molecular flexibility index (Phi) is 6.44. The quantitative estimate of drug-likeness (QED) is 0.603. The van der Waals surface area contributed by atoms with Crippen LogP contribution in [0.25, 0.3) is 10.8 Å². The molecular formula is C22H22N4O5. The number of benzene rings is 2. The van der Waals surface area contributed by atoms with Crippen molar-refractivity contribution in [1.29, 1.82) is 0 Å². The van der Waals surface area contributed by atoms with Crippen LogP contribution in [0.4, 0.5) is 5.69 Å². The van der Waals surface area contributed by atoms with Crippen LogP contribution in [0.15, 0.2) is 53.3 Å². The molecule has 0 radical (unpaired) electrons. The highest BCUT2D eigenvalue weighted by Crippen LogP contribution is 2.14. The van der Waals surface area contributed by atoms with Gasteiger partial charge in [-0.05, 0) is 25.1 Å². The van der Waals surface area contributed by atoms with Crippen LogP contribution in [0, 0.1) is 6.92 Å². The molecule has 0 bridgehead atoms. The van der Waals surface area contributed by atoms with Gasteiger partial charge in [-0.2, -0.15) is 5.10 Å². The van der Waals surface area contributed by atoms with Crippen molar-refractivity contribution < 1.29 is 19.1 Å². The van der Waals surface area contributed by atoms with E-state index in [-0.39, 0.29) is 23.7 Å². The van der Waals surface area contributed by atoms with E-state index in [0.717, 1.165) is 15.1 Å². The van der Waals surface area contributed by atoms with Gasteiger partial charge in [-0.1, -0.05) is 35.9 Å². The minimum Gasteiger partial charge on any atom is -0.451 e. The largest absolute Gasteiger partial charge is 0.451 e. The van der Waals surface area contributed by atoms with Crippen LogP contribution in [0.1, 0.15) is 16.1 Å². The maximum Gasteiger partial charge on any atom is 0.359 e. The van der Waals surface area contributed by atoms with Gasteiger partial charge in [-0.25, -0.2) is 9.48 Å². The van der Waals surface area contributed by atoms with Gasteiger partial charge in [0, 0.05) is 25.2 Å². The normalized spacial score (nSPS) is 10.5. The summed E-state index contributed by atoms with van der Waals surface area (Å²) in [5, 5.41) is 7.32. The predicted octanol–water partition coefficient (Wildman–Crippen LogP) is 1.50. The Labute approximate surface area is 178 Å². The fourth-order valence-corrected chi connectivity index (χ4v) is 2.90. The molecule has 9 heteroatoms. The Morgan fingerprint density at radius 1 is 1.06 bits per heavy atom. The lowest BCUT2D eigenvalue weighted by Gasteiger charge is -2.17. The van der Waals surface area contributed by atoms with Gasteiger partial charge in [0.1, 0.15) is 0 Å². The van der Waals surface area contributed by atoms with Crippen LogP contribution in [0.5, 0.6) is 0 Å². The molecule has 31 heavy (non-hydrogen) atoms. The number of esters is 1. The number of carbonyl (C=O) groups excluding carboxylic acids is 3. The highest BCUT2D eigenvalue weighted by atomic mass is 16.5. The van der Waals surface area contributed by atoms with Gasteiger partial charge >= 0.3 is 5.97 Å². The minimum atomic E-state index is -0.836. The van der Waals surface area contributed by atoms with E-state index in [2.05, 4.69) is 10.4 Å². The molecule has 0 aliphatic heterocycles. The molecule has 0 unspecified atom stereocenters. The summed E-state index contributed by atoms with van der Waals surface area (Å²) in [6.45, 7) is 1.17. The first kappa shape index (κ1) is 21.7. The van der Waals surface area contributed by atoms with E-state index < -0.39 is 18.5 Å². The van der Waals surface area contributed by atoms with Crippen molar-refractivity contribution in [2.45, 2.75) is 6.92 Å². The SMILES string of the molecule is Cc1ccc(NC(=O)CN(C)C(=O)COC(=O)c2nn(C)c(=O)c3ccccc23)cc1. The molecule has 0 atom stereocenters. The van der Waals surface area contributed by atoms with Gasteiger partial charge in [0.25, 0.3) is 11.5 Å². The summed E-state index contributed by atoms with van der Waals surface area (Å²) in [7, 11) is 2.86. The van der Waals surface area contributed by atoms with Crippen LogP contribution in [-0.2, 0) is 21.4 Å². The Bertz CT molecular complexity index is 1200. The monoisotopic (exact) mass is 422 g/mol. The number of carbonyl (C=O) groups is 3. The third kappa shape index (κ3) is 5.13. The molecule has 0 aliphatic rings. The number of aryl methyl sites for hydroxylation is 2. The molecule has 1 aromatic heterocycles. The molecule has 1 heterocycles. The van der Waals surface area contributed by atoms with Crippen LogP contribution >= 0.6 is 0 Å². The standard InChI is InChI=1S/C22H22N4O5/c1-14-8-10-15(11-9-14)23-18(27)12-25(2)19(28)13-31-22(30)20-16-6-4-5-7-17(16)21(29)26(3)24-20/h4-11H,12-13H2,1-3H3,(H,23,27). The highest BCUT2D eigenvalue weighted by Gasteiger charge is 2.20. The van der Waals surface area contributed by atoms with Gasteiger partial charge in [0.15, 0.2) is 12.3 Å². The third-order valence-corrected chi connectivity index (χ3v) is 4.62. The van der Waals surface area contributed by atoms with Crippen molar-refractivity contribution in [3.8, 4) is 0 Å². The average Bonchev–Trinajstić information content (AvgIpc) is 2.75. The Morgan fingerprint density at radius 3 is 2.39 bits per heavy atom. The van der Waals surface area contributed by atoms with Crippen molar-refractivity contribution in [1.82, 2.24) is 14.7 Å². The summed E-state index contributed by atoms with van der Waals surface area (Å²) in [6, 6.07) is 13.8. The first-order valence-electron chi connectivity index (χ1n) is 9.50. The van der Waals surface area contributed by atoms with Crippen LogP contribution in [0.3, 0.4) is 0 Å².